The molecule has 2 rings (SSSR count). The second-order valence-electron chi connectivity index (χ2n) is 3.66. The molecule has 8 heteroatoms. The van der Waals surface area contributed by atoms with Crippen molar-refractivity contribution in [2.75, 3.05) is 5.43 Å². The number of phenols is 1. The van der Waals surface area contributed by atoms with Crippen LogP contribution in [0.1, 0.15) is 11.3 Å². The average Bonchev–Trinajstić information content (AvgIpc) is 2.77. The number of benzene rings is 1. The first-order valence-corrected chi connectivity index (χ1v) is 6.13. The molecule has 2 N–H and O–H groups in total. The Bertz CT molecular complexity index is 639. The lowest BCUT2D eigenvalue weighted by Gasteiger charge is -1.98. The van der Waals surface area contributed by atoms with E-state index >= 15 is 0 Å². The van der Waals surface area contributed by atoms with Crippen LogP contribution in [0.2, 0.25) is 0 Å². The highest BCUT2D eigenvalue weighted by Crippen LogP contribution is 2.21. The van der Waals surface area contributed by atoms with Gasteiger partial charge in [0.2, 0.25) is 5.13 Å². The van der Waals surface area contributed by atoms with Gasteiger partial charge >= 0.3 is 0 Å². The molecule has 1 aromatic carbocycles. The van der Waals surface area contributed by atoms with E-state index in [2.05, 4.69) is 15.5 Å². The number of nitro groups is 1. The van der Waals surface area contributed by atoms with Crippen molar-refractivity contribution in [3.63, 3.8) is 0 Å². The number of nitrogens with one attached hydrogen (secondary N) is 1. The third kappa shape index (κ3) is 3.26. The number of rotatable bonds is 4. The summed E-state index contributed by atoms with van der Waals surface area (Å²) in [6.45, 7) is 1.86. The molecule has 0 amide bonds. The minimum absolute atomic E-state index is 0.0773. The van der Waals surface area contributed by atoms with Crippen LogP contribution in [0.25, 0.3) is 0 Å². The third-order valence-corrected chi connectivity index (χ3v) is 3.07. The summed E-state index contributed by atoms with van der Waals surface area (Å²) in [5.41, 5.74) is 3.71. The number of hydrogen-bond donors (Lipinski definition) is 2. The fourth-order valence-corrected chi connectivity index (χ4v) is 1.96. The van der Waals surface area contributed by atoms with Crippen molar-refractivity contribution in [2.45, 2.75) is 6.92 Å². The van der Waals surface area contributed by atoms with Crippen molar-refractivity contribution in [3.05, 3.63) is 45.0 Å². The Balaban J connectivity index is 2.13. The molecule has 0 atom stereocenters. The second-order valence-corrected chi connectivity index (χ2v) is 4.52. The molecule has 0 saturated carbocycles. The summed E-state index contributed by atoms with van der Waals surface area (Å²) in [7, 11) is 0. The van der Waals surface area contributed by atoms with Crippen molar-refractivity contribution < 1.29 is 10.0 Å². The molecule has 0 aliphatic heterocycles. The zero-order valence-corrected chi connectivity index (χ0v) is 10.7. The molecule has 7 nitrogen and oxygen atoms in total. The van der Waals surface area contributed by atoms with E-state index in [-0.39, 0.29) is 17.0 Å². The molecule has 19 heavy (non-hydrogen) atoms. The van der Waals surface area contributed by atoms with E-state index in [9.17, 15) is 15.2 Å². The fourth-order valence-electron chi connectivity index (χ4n) is 1.32. The van der Waals surface area contributed by atoms with Crippen molar-refractivity contribution in [1.29, 1.82) is 0 Å². The van der Waals surface area contributed by atoms with Gasteiger partial charge in [-0.1, -0.05) is 0 Å². The van der Waals surface area contributed by atoms with E-state index in [1.807, 2.05) is 12.3 Å². The van der Waals surface area contributed by atoms with Crippen molar-refractivity contribution in [1.82, 2.24) is 4.98 Å². The van der Waals surface area contributed by atoms with E-state index in [0.29, 0.717) is 5.13 Å². The monoisotopic (exact) mass is 278 g/mol. The van der Waals surface area contributed by atoms with Crippen molar-refractivity contribution in [2.24, 2.45) is 5.10 Å². The zero-order valence-electron chi connectivity index (χ0n) is 9.90. The zero-order chi connectivity index (χ0) is 13.8. The van der Waals surface area contributed by atoms with Gasteiger partial charge in [-0.25, -0.2) is 4.98 Å². The molecule has 2 aromatic rings. The van der Waals surface area contributed by atoms with Gasteiger partial charge < -0.3 is 5.11 Å². The summed E-state index contributed by atoms with van der Waals surface area (Å²) < 4.78 is 0. The van der Waals surface area contributed by atoms with Gasteiger partial charge in [0.05, 0.1) is 16.8 Å². The summed E-state index contributed by atoms with van der Waals surface area (Å²) in [4.78, 5) is 14.2. The smallest absolute Gasteiger partial charge is 0.270 e. The topological polar surface area (TPSA) is 101 Å². The van der Waals surface area contributed by atoms with Crippen LogP contribution < -0.4 is 5.43 Å². The minimum atomic E-state index is -0.533. The lowest BCUT2D eigenvalue weighted by Crippen LogP contribution is -1.93. The summed E-state index contributed by atoms with van der Waals surface area (Å²) in [5, 5.41) is 26.5. The van der Waals surface area contributed by atoms with Crippen molar-refractivity contribution in [3.8, 4) is 5.75 Å². The first-order chi connectivity index (χ1) is 9.06. The summed E-state index contributed by atoms with van der Waals surface area (Å²) in [6.07, 6.45) is 1.30. The summed E-state index contributed by atoms with van der Waals surface area (Å²) in [6, 6.07) is 3.73. The van der Waals surface area contributed by atoms with Crippen LogP contribution in [0.3, 0.4) is 0 Å². The van der Waals surface area contributed by atoms with Crippen LogP contribution in [-0.2, 0) is 0 Å². The number of non-ortho nitro benzene ring substituents is 1. The molecule has 1 aromatic heterocycles. The molecule has 1 heterocycles. The van der Waals surface area contributed by atoms with Gasteiger partial charge in [-0.2, -0.15) is 5.10 Å². The van der Waals surface area contributed by atoms with Gasteiger partial charge in [-0.3, -0.25) is 15.5 Å². The Labute approximate surface area is 112 Å². The fraction of sp³-hybridized carbons (Fsp3) is 0.0909. The summed E-state index contributed by atoms with van der Waals surface area (Å²) in [5.74, 6) is -0.0773. The average molecular weight is 278 g/mol. The number of hydrogen-bond acceptors (Lipinski definition) is 7. The van der Waals surface area contributed by atoms with E-state index < -0.39 is 4.92 Å². The molecular formula is C11H10N4O3S. The number of aromatic nitrogens is 1. The third-order valence-electron chi connectivity index (χ3n) is 2.20. The van der Waals surface area contributed by atoms with Crippen LogP contribution in [0.15, 0.2) is 28.7 Å². The Morgan fingerprint density at radius 3 is 3.00 bits per heavy atom. The molecule has 0 unspecified atom stereocenters. The van der Waals surface area contributed by atoms with E-state index in [4.69, 9.17) is 0 Å². The van der Waals surface area contributed by atoms with Crippen LogP contribution in [0, 0.1) is 17.0 Å². The Morgan fingerprint density at radius 1 is 1.58 bits per heavy atom. The van der Waals surface area contributed by atoms with Gasteiger partial charge in [0, 0.05) is 23.1 Å². The molecule has 0 aliphatic rings. The second kappa shape index (κ2) is 5.44. The molecule has 0 saturated heterocycles. The SMILES string of the molecule is Cc1csc(NN=Cc2cc([N+](=O)[O-])ccc2O)n1. The number of thiazole rings is 1. The number of aryl methyl sites for hydroxylation is 1. The predicted octanol–water partition coefficient (Wildman–Crippen LogP) is 2.51. The van der Waals surface area contributed by atoms with Gasteiger partial charge in [0.25, 0.3) is 5.69 Å². The van der Waals surface area contributed by atoms with E-state index in [0.717, 1.165) is 5.69 Å². The maximum absolute atomic E-state index is 10.6. The first-order valence-electron chi connectivity index (χ1n) is 5.25. The highest BCUT2D eigenvalue weighted by molar-refractivity contribution is 7.13. The van der Waals surface area contributed by atoms with Crippen LogP contribution >= 0.6 is 11.3 Å². The molecule has 0 radical (unpaired) electrons. The van der Waals surface area contributed by atoms with Crippen LogP contribution in [0.5, 0.6) is 5.75 Å². The lowest BCUT2D eigenvalue weighted by molar-refractivity contribution is -0.384. The van der Waals surface area contributed by atoms with Gasteiger partial charge in [0.15, 0.2) is 0 Å². The largest absolute Gasteiger partial charge is 0.507 e. The highest BCUT2D eigenvalue weighted by atomic mass is 32.1. The maximum Gasteiger partial charge on any atom is 0.270 e. The quantitative estimate of drug-likeness (QED) is 0.508. The number of anilines is 1. The summed E-state index contributed by atoms with van der Waals surface area (Å²) >= 11 is 1.39. The first kappa shape index (κ1) is 13.0. The molecule has 0 aliphatic carbocycles. The molecular weight excluding hydrogens is 268 g/mol. The molecule has 0 spiro atoms. The predicted molar refractivity (Wildman–Crippen MR) is 72.8 cm³/mol. The van der Waals surface area contributed by atoms with Crippen LogP contribution in [0.4, 0.5) is 10.8 Å². The highest BCUT2D eigenvalue weighted by Gasteiger charge is 2.08. The Kier molecular flexibility index (Phi) is 3.71. The number of phenolic OH excluding ortho intramolecular Hbond substituents is 1. The maximum atomic E-state index is 10.6. The van der Waals surface area contributed by atoms with Crippen molar-refractivity contribution >= 4 is 28.4 Å². The van der Waals surface area contributed by atoms with E-state index in [1.165, 1.54) is 35.8 Å². The molecule has 98 valence electrons. The Morgan fingerprint density at radius 2 is 2.37 bits per heavy atom. The van der Waals surface area contributed by atoms with Gasteiger partial charge in [-0.15, -0.1) is 11.3 Å². The number of nitro benzene ring substituents is 1. The normalized spacial score (nSPS) is 10.8. The van der Waals surface area contributed by atoms with E-state index in [1.54, 1.807) is 0 Å². The molecule has 0 bridgehead atoms. The number of aromatic hydroxyl groups is 1. The molecule has 0 fully saturated rings. The van der Waals surface area contributed by atoms with Gasteiger partial charge in [-0.05, 0) is 13.0 Å². The number of nitrogens with zero attached hydrogens (tertiary/aromatic N) is 3. The number of hydrazone groups is 1. The van der Waals surface area contributed by atoms with Gasteiger partial charge in [0.1, 0.15) is 5.75 Å². The van der Waals surface area contributed by atoms with Crippen LogP contribution in [-0.4, -0.2) is 21.2 Å². The standard InChI is InChI=1S/C11H10N4O3S/c1-7-6-19-11(13-7)14-12-5-8-4-9(15(17)18)2-3-10(8)16/h2-6,16H,1H3,(H,13,14). The minimum Gasteiger partial charge on any atom is -0.507 e. The Hall–Kier alpha value is -2.48. The lowest BCUT2D eigenvalue weighted by atomic mass is 10.2.